The van der Waals surface area contributed by atoms with Crippen molar-refractivity contribution in [2.24, 2.45) is 17.1 Å². The van der Waals surface area contributed by atoms with Crippen molar-refractivity contribution < 1.29 is 13.2 Å². The fourth-order valence-corrected chi connectivity index (χ4v) is 2.71. The highest BCUT2D eigenvalue weighted by Gasteiger charge is 2.59. The predicted octanol–water partition coefficient (Wildman–Crippen LogP) is 2.80. The summed E-state index contributed by atoms with van der Waals surface area (Å²) in [5, 5.41) is 0. The molecule has 1 aliphatic rings. The van der Waals surface area contributed by atoms with E-state index in [4.69, 9.17) is 5.73 Å². The molecular weight excluding hydrogens is 229 g/mol. The highest BCUT2D eigenvalue weighted by atomic mass is 19.4. The zero-order chi connectivity index (χ0) is 12.8. The lowest BCUT2D eigenvalue weighted by atomic mass is 10.0. The molecule has 1 aromatic rings. The fraction of sp³-hybridized carbons (Fsp3) is 0.583. The molecule has 1 aliphatic carbocycles. The van der Waals surface area contributed by atoms with Crippen LogP contribution in [0.5, 0.6) is 0 Å². The molecule has 0 radical (unpaired) electrons. The van der Waals surface area contributed by atoms with E-state index in [1.807, 2.05) is 13.8 Å². The van der Waals surface area contributed by atoms with Gasteiger partial charge >= 0.3 is 6.18 Å². The minimum Gasteiger partial charge on any atom is -0.330 e. The molecule has 0 amide bonds. The second-order valence-corrected chi connectivity index (χ2v) is 5.08. The maximum atomic E-state index is 12.8. The minimum atomic E-state index is -4.39. The van der Waals surface area contributed by atoms with Crippen molar-refractivity contribution >= 4 is 0 Å². The van der Waals surface area contributed by atoms with E-state index in [1.54, 1.807) is 6.07 Å². The Morgan fingerprint density at radius 1 is 1.41 bits per heavy atom. The molecule has 1 heterocycles. The van der Waals surface area contributed by atoms with Gasteiger partial charge in [-0.05, 0) is 35.4 Å². The summed E-state index contributed by atoms with van der Waals surface area (Å²) in [7, 11) is 0. The van der Waals surface area contributed by atoms with E-state index >= 15 is 0 Å². The van der Waals surface area contributed by atoms with Crippen molar-refractivity contribution in [2.45, 2.75) is 25.9 Å². The molecule has 0 spiro atoms. The Bertz CT molecular complexity index is 426. The minimum absolute atomic E-state index is 0.104. The molecule has 2 N–H and O–H groups in total. The zero-order valence-electron chi connectivity index (χ0n) is 9.75. The van der Waals surface area contributed by atoms with Gasteiger partial charge in [0.1, 0.15) is 5.69 Å². The third-order valence-electron chi connectivity index (χ3n) is 3.75. The summed E-state index contributed by atoms with van der Waals surface area (Å²) in [6.07, 6.45) is -3.21. The van der Waals surface area contributed by atoms with Crippen LogP contribution >= 0.6 is 0 Å². The first kappa shape index (κ1) is 12.4. The standard InChI is InChI=1S/C12H15F3N2/c1-11(2)8(6-16)9(11)7-4-3-5-17-10(7)12(13,14)15/h3-5,8-9H,6,16H2,1-2H3. The Kier molecular flexibility index (Phi) is 2.69. The van der Waals surface area contributed by atoms with Crippen molar-refractivity contribution in [1.29, 1.82) is 0 Å². The van der Waals surface area contributed by atoms with Gasteiger partial charge in [-0.25, -0.2) is 0 Å². The van der Waals surface area contributed by atoms with Gasteiger partial charge in [-0.15, -0.1) is 0 Å². The van der Waals surface area contributed by atoms with E-state index in [-0.39, 0.29) is 22.8 Å². The summed E-state index contributed by atoms with van der Waals surface area (Å²) in [4.78, 5) is 3.48. The normalized spacial score (nSPS) is 26.9. The molecule has 94 valence electrons. The van der Waals surface area contributed by atoms with Crippen LogP contribution in [-0.2, 0) is 6.18 Å². The molecular formula is C12H15F3N2. The van der Waals surface area contributed by atoms with Gasteiger partial charge in [0.25, 0.3) is 0 Å². The Morgan fingerprint density at radius 2 is 2.06 bits per heavy atom. The van der Waals surface area contributed by atoms with E-state index in [0.29, 0.717) is 6.54 Å². The summed E-state index contributed by atoms with van der Waals surface area (Å²) < 4.78 is 38.5. The highest BCUT2D eigenvalue weighted by Crippen LogP contribution is 2.64. The van der Waals surface area contributed by atoms with Gasteiger partial charge in [-0.2, -0.15) is 13.2 Å². The number of halogens is 3. The summed E-state index contributed by atoms with van der Waals surface area (Å²) >= 11 is 0. The fourth-order valence-electron chi connectivity index (χ4n) is 2.71. The molecule has 0 aliphatic heterocycles. The van der Waals surface area contributed by atoms with Crippen LogP contribution in [0.2, 0.25) is 0 Å². The Hall–Kier alpha value is -1.10. The highest BCUT2D eigenvalue weighted by molar-refractivity contribution is 5.36. The second-order valence-electron chi connectivity index (χ2n) is 5.08. The quantitative estimate of drug-likeness (QED) is 0.868. The number of nitrogens with two attached hydrogens (primary N) is 1. The topological polar surface area (TPSA) is 38.9 Å². The second kappa shape index (κ2) is 3.70. The summed E-state index contributed by atoms with van der Waals surface area (Å²) in [6.45, 7) is 4.30. The van der Waals surface area contributed by atoms with Gasteiger partial charge in [0.2, 0.25) is 0 Å². The first-order chi connectivity index (χ1) is 7.80. The summed E-state index contributed by atoms with van der Waals surface area (Å²) in [5.74, 6) is -0.0365. The lowest BCUT2D eigenvalue weighted by Gasteiger charge is -2.12. The van der Waals surface area contributed by atoms with Crippen LogP contribution in [-0.4, -0.2) is 11.5 Å². The van der Waals surface area contributed by atoms with Crippen LogP contribution in [0, 0.1) is 11.3 Å². The first-order valence-corrected chi connectivity index (χ1v) is 5.52. The number of rotatable bonds is 2. The van der Waals surface area contributed by atoms with Gasteiger partial charge < -0.3 is 5.73 Å². The lowest BCUT2D eigenvalue weighted by Crippen LogP contribution is -2.12. The number of nitrogens with zero attached hydrogens (tertiary/aromatic N) is 1. The molecule has 0 aromatic carbocycles. The van der Waals surface area contributed by atoms with Crippen molar-refractivity contribution in [3.63, 3.8) is 0 Å². The number of alkyl halides is 3. The number of pyridine rings is 1. The Balaban J connectivity index is 2.42. The monoisotopic (exact) mass is 244 g/mol. The van der Waals surface area contributed by atoms with Crippen LogP contribution in [0.15, 0.2) is 18.3 Å². The van der Waals surface area contributed by atoms with Crippen molar-refractivity contribution in [3.05, 3.63) is 29.6 Å². The lowest BCUT2D eigenvalue weighted by molar-refractivity contribution is -0.141. The van der Waals surface area contributed by atoms with Crippen LogP contribution in [0.25, 0.3) is 0 Å². The SMILES string of the molecule is CC1(C)C(CN)C1c1cccnc1C(F)(F)F. The molecule has 2 rings (SSSR count). The Labute approximate surface area is 98.0 Å². The predicted molar refractivity (Wildman–Crippen MR) is 58.3 cm³/mol. The molecule has 1 fully saturated rings. The number of hydrogen-bond donors (Lipinski definition) is 1. The van der Waals surface area contributed by atoms with E-state index in [0.717, 1.165) is 0 Å². The molecule has 0 bridgehead atoms. The van der Waals surface area contributed by atoms with Crippen molar-refractivity contribution in [3.8, 4) is 0 Å². The Morgan fingerprint density at radius 3 is 2.53 bits per heavy atom. The summed E-state index contributed by atoms with van der Waals surface area (Å²) in [5.41, 5.74) is 4.93. The van der Waals surface area contributed by atoms with Gasteiger partial charge in [0, 0.05) is 6.20 Å². The third kappa shape index (κ3) is 1.92. The van der Waals surface area contributed by atoms with Crippen LogP contribution in [0.4, 0.5) is 13.2 Å². The van der Waals surface area contributed by atoms with Gasteiger partial charge in [-0.1, -0.05) is 19.9 Å². The molecule has 2 unspecified atom stereocenters. The van der Waals surface area contributed by atoms with Crippen molar-refractivity contribution in [1.82, 2.24) is 4.98 Å². The number of aromatic nitrogens is 1. The smallest absolute Gasteiger partial charge is 0.330 e. The molecule has 2 nitrogen and oxygen atoms in total. The average molecular weight is 244 g/mol. The average Bonchev–Trinajstić information content (AvgIpc) is 2.79. The molecule has 1 saturated carbocycles. The van der Waals surface area contributed by atoms with Crippen LogP contribution in [0.1, 0.15) is 31.0 Å². The van der Waals surface area contributed by atoms with Gasteiger partial charge in [0.05, 0.1) is 0 Å². The first-order valence-electron chi connectivity index (χ1n) is 5.52. The van der Waals surface area contributed by atoms with E-state index in [1.165, 1.54) is 12.3 Å². The van der Waals surface area contributed by atoms with E-state index in [9.17, 15) is 13.2 Å². The van der Waals surface area contributed by atoms with E-state index in [2.05, 4.69) is 4.98 Å². The van der Waals surface area contributed by atoms with E-state index < -0.39 is 11.9 Å². The molecule has 5 heteroatoms. The van der Waals surface area contributed by atoms with Crippen molar-refractivity contribution in [2.75, 3.05) is 6.54 Å². The molecule has 1 aromatic heterocycles. The number of hydrogen-bond acceptors (Lipinski definition) is 2. The van der Waals surface area contributed by atoms with Crippen LogP contribution < -0.4 is 5.73 Å². The molecule has 0 saturated heterocycles. The maximum absolute atomic E-state index is 12.8. The molecule has 2 atom stereocenters. The summed E-state index contributed by atoms with van der Waals surface area (Å²) in [6, 6.07) is 3.06. The molecule has 17 heavy (non-hydrogen) atoms. The van der Waals surface area contributed by atoms with Gasteiger partial charge in [0.15, 0.2) is 0 Å². The maximum Gasteiger partial charge on any atom is 0.433 e. The largest absolute Gasteiger partial charge is 0.433 e. The zero-order valence-corrected chi connectivity index (χ0v) is 9.75. The van der Waals surface area contributed by atoms with Crippen LogP contribution in [0.3, 0.4) is 0 Å². The van der Waals surface area contributed by atoms with Gasteiger partial charge in [-0.3, -0.25) is 4.98 Å². The third-order valence-corrected chi connectivity index (χ3v) is 3.75.